The molecule has 1 aliphatic rings. The van der Waals surface area contributed by atoms with Gasteiger partial charge in [-0.15, -0.1) is 0 Å². The Kier molecular flexibility index (Phi) is 3.91. The lowest BCUT2D eigenvalue weighted by molar-refractivity contribution is 0.113. The van der Waals surface area contributed by atoms with E-state index in [-0.39, 0.29) is 11.9 Å². The monoisotopic (exact) mass is 352 g/mol. The molecule has 7 heteroatoms. The minimum atomic E-state index is -0.950. The van der Waals surface area contributed by atoms with Crippen molar-refractivity contribution >= 4 is 6.09 Å². The molecule has 3 heterocycles. The van der Waals surface area contributed by atoms with Crippen LogP contribution < -0.4 is 0 Å². The van der Waals surface area contributed by atoms with E-state index in [1.54, 1.807) is 24.5 Å². The number of fused-ring (bicyclic) bond motifs is 1. The van der Waals surface area contributed by atoms with E-state index < -0.39 is 6.09 Å². The number of nitrogens with zero attached hydrogens (tertiary/aromatic N) is 4. The minimum Gasteiger partial charge on any atom is -0.465 e. The number of benzene rings is 1. The van der Waals surface area contributed by atoms with Gasteiger partial charge in [0.1, 0.15) is 11.5 Å². The number of rotatable bonds is 2. The van der Waals surface area contributed by atoms with Gasteiger partial charge in [-0.3, -0.25) is 14.6 Å². The average molecular weight is 352 g/mol. The fourth-order valence-electron chi connectivity index (χ4n) is 3.49. The molecule has 0 aliphatic carbocycles. The Morgan fingerprint density at radius 2 is 1.81 bits per heavy atom. The predicted molar refractivity (Wildman–Crippen MR) is 94.0 cm³/mol. The second-order valence-corrected chi connectivity index (χ2v) is 6.23. The lowest BCUT2D eigenvalue weighted by Crippen LogP contribution is -2.40. The molecule has 1 amide bonds. The first kappa shape index (κ1) is 16.3. The highest BCUT2D eigenvalue weighted by molar-refractivity contribution is 5.83. The molecule has 0 bridgehead atoms. The first-order valence-electron chi connectivity index (χ1n) is 8.33. The number of hydrogen-bond donors (Lipinski definition) is 1. The third-order valence-electron chi connectivity index (χ3n) is 4.74. The maximum absolute atomic E-state index is 13.3. The molecule has 4 rings (SSSR count). The van der Waals surface area contributed by atoms with E-state index in [1.807, 2.05) is 23.7 Å². The molecule has 0 saturated heterocycles. The third kappa shape index (κ3) is 2.61. The first-order valence-corrected chi connectivity index (χ1v) is 8.33. The van der Waals surface area contributed by atoms with E-state index >= 15 is 0 Å². The summed E-state index contributed by atoms with van der Waals surface area (Å²) in [5, 5.41) is 14.2. The molecule has 0 fully saturated rings. The van der Waals surface area contributed by atoms with Crippen LogP contribution in [-0.4, -0.2) is 37.4 Å². The Hall–Kier alpha value is -3.22. The van der Waals surface area contributed by atoms with Crippen molar-refractivity contribution in [3.05, 3.63) is 60.3 Å². The van der Waals surface area contributed by atoms with Crippen LogP contribution in [-0.2, 0) is 6.54 Å². The van der Waals surface area contributed by atoms with Gasteiger partial charge in [0.25, 0.3) is 0 Å². The highest BCUT2D eigenvalue weighted by Crippen LogP contribution is 2.40. The van der Waals surface area contributed by atoms with Gasteiger partial charge in [-0.1, -0.05) is 0 Å². The van der Waals surface area contributed by atoms with Gasteiger partial charge in [0.15, 0.2) is 0 Å². The van der Waals surface area contributed by atoms with Crippen molar-refractivity contribution in [2.75, 3.05) is 6.54 Å². The van der Waals surface area contributed by atoms with Gasteiger partial charge in [-0.05, 0) is 48.9 Å². The van der Waals surface area contributed by atoms with Crippen LogP contribution in [0, 0.1) is 5.82 Å². The number of hydrogen-bond acceptors (Lipinski definition) is 3. The quantitative estimate of drug-likeness (QED) is 0.761. The molecule has 132 valence electrons. The SMILES string of the molecule is CC1c2c(-c3ccncc3)c(-c3ccc(F)cc3)nn2CCN1C(=O)O. The Balaban J connectivity index is 1.95. The zero-order valence-corrected chi connectivity index (χ0v) is 14.1. The lowest BCUT2D eigenvalue weighted by atomic mass is 9.96. The zero-order valence-electron chi connectivity index (χ0n) is 14.1. The summed E-state index contributed by atoms with van der Waals surface area (Å²) in [5.41, 5.74) is 4.10. The molecule has 6 nitrogen and oxygen atoms in total. The second kappa shape index (κ2) is 6.25. The Morgan fingerprint density at radius 1 is 1.12 bits per heavy atom. The number of carboxylic acid groups (broad SMARTS) is 1. The maximum atomic E-state index is 13.3. The van der Waals surface area contributed by atoms with Gasteiger partial charge in [0.05, 0.1) is 18.3 Å². The Bertz CT molecular complexity index is 954. The van der Waals surface area contributed by atoms with E-state index in [1.165, 1.54) is 17.0 Å². The van der Waals surface area contributed by atoms with Crippen molar-refractivity contribution in [3.63, 3.8) is 0 Å². The summed E-state index contributed by atoms with van der Waals surface area (Å²) in [5.74, 6) is -0.311. The average Bonchev–Trinajstić information content (AvgIpc) is 3.03. The van der Waals surface area contributed by atoms with E-state index in [4.69, 9.17) is 5.10 Å². The molecule has 1 aliphatic heterocycles. The van der Waals surface area contributed by atoms with Crippen molar-refractivity contribution in [1.29, 1.82) is 0 Å². The van der Waals surface area contributed by atoms with Gasteiger partial charge in [-0.2, -0.15) is 5.10 Å². The molecule has 26 heavy (non-hydrogen) atoms. The summed E-state index contributed by atoms with van der Waals surface area (Å²) in [6.07, 6.45) is 2.43. The lowest BCUT2D eigenvalue weighted by Gasteiger charge is -2.32. The fraction of sp³-hybridized carbons (Fsp3) is 0.211. The van der Waals surface area contributed by atoms with Crippen molar-refractivity contribution in [3.8, 4) is 22.4 Å². The number of carbonyl (C=O) groups is 1. The van der Waals surface area contributed by atoms with Crippen LogP contribution in [0.1, 0.15) is 18.7 Å². The van der Waals surface area contributed by atoms with Crippen LogP contribution in [0.4, 0.5) is 9.18 Å². The van der Waals surface area contributed by atoms with Crippen LogP contribution in [0.2, 0.25) is 0 Å². The van der Waals surface area contributed by atoms with Crippen molar-refractivity contribution in [2.24, 2.45) is 0 Å². The number of halogens is 1. The van der Waals surface area contributed by atoms with E-state index in [2.05, 4.69) is 4.98 Å². The number of pyridine rings is 1. The van der Waals surface area contributed by atoms with E-state index in [9.17, 15) is 14.3 Å². The van der Waals surface area contributed by atoms with Gasteiger partial charge < -0.3 is 5.11 Å². The molecule has 1 atom stereocenters. The number of aromatic nitrogens is 3. The Labute approximate surface area is 149 Å². The van der Waals surface area contributed by atoms with Crippen LogP contribution >= 0.6 is 0 Å². The molecule has 1 aromatic carbocycles. The highest BCUT2D eigenvalue weighted by Gasteiger charge is 2.33. The van der Waals surface area contributed by atoms with Gasteiger partial charge in [0.2, 0.25) is 0 Å². The highest BCUT2D eigenvalue weighted by atomic mass is 19.1. The Morgan fingerprint density at radius 3 is 2.46 bits per heavy atom. The molecule has 0 spiro atoms. The number of amides is 1. The van der Waals surface area contributed by atoms with Crippen LogP contribution in [0.25, 0.3) is 22.4 Å². The molecule has 1 N–H and O–H groups in total. The summed E-state index contributed by atoms with van der Waals surface area (Å²) in [7, 11) is 0. The zero-order chi connectivity index (χ0) is 18.3. The third-order valence-corrected chi connectivity index (χ3v) is 4.74. The second-order valence-electron chi connectivity index (χ2n) is 6.23. The summed E-state index contributed by atoms with van der Waals surface area (Å²) in [6, 6.07) is 9.58. The van der Waals surface area contributed by atoms with Crippen molar-refractivity contribution in [2.45, 2.75) is 19.5 Å². The topological polar surface area (TPSA) is 71.2 Å². The first-order chi connectivity index (χ1) is 12.6. The van der Waals surface area contributed by atoms with Crippen LogP contribution in [0.5, 0.6) is 0 Å². The van der Waals surface area contributed by atoms with Crippen LogP contribution in [0.15, 0.2) is 48.8 Å². The molecule has 0 radical (unpaired) electrons. The van der Waals surface area contributed by atoms with Crippen LogP contribution in [0.3, 0.4) is 0 Å². The fourth-order valence-corrected chi connectivity index (χ4v) is 3.49. The van der Waals surface area contributed by atoms with Crippen molar-refractivity contribution < 1.29 is 14.3 Å². The van der Waals surface area contributed by atoms with E-state index in [0.717, 1.165) is 22.4 Å². The summed E-state index contributed by atoms with van der Waals surface area (Å²) >= 11 is 0. The van der Waals surface area contributed by atoms with Gasteiger partial charge in [0, 0.05) is 30.1 Å². The predicted octanol–water partition coefficient (Wildman–Crippen LogP) is 3.81. The summed E-state index contributed by atoms with van der Waals surface area (Å²) in [4.78, 5) is 17.1. The maximum Gasteiger partial charge on any atom is 0.407 e. The largest absolute Gasteiger partial charge is 0.465 e. The summed E-state index contributed by atoms with van der Waals surface area (Å²) in [6.45, 7) is 2.72. The normalized spacial score (nSPS) is 16.4. The molecular weight excluding hydrogens is 335 g/mol. The van der Waals surface area contributed by atoms with Gasteiger partial charge >= 0.3 is 6.09 Å². The molecule has 3 aromatic rings. The molecule has 2 aromatic heterocycles. The minimum absolute atomic E-state index is 0.311. The standard InChI is InChI=1S/C19H17FN4O2/c1-12-18-16(13-6-8-21-9-7-13)17(14-2-4-15(20)5-3-14)22-24(18)11-10-23(12)19(25)26/h2-9,12H,10-11H2,1H3,(H,25,26). The molecule has 0 saturated carbocycles. The molecular formula is C19H17FN4O2. The van der Waals surface area contributed by atoms with E-state index in [0.29, 0.717) is 18.8 Å². The molecule has 1 unspecified atom stereocenters. The van der Waals surface area contributed by atoms with Crippen molar-refractivity contribution in [1.82, 2.24) is 19.7 Å². The van der Waals surface area contributed by atoms with Gasteiger partial charge in [-0.25, -0.2) is 9.18 Å². The summed E-state index contributed by atoms with van der Waals surface area (Å²) < 4.78 is 15.2. The smallest absolute Gasteiger partial charge is 0.407 e.